The number of hydrogen-bond donors (Lipinski definition) is 2. The van der Waals surface area contributed by atoms with Gasteiger partial charge in [-0.25, -0.2) is 0 Å². The van der Waals surface area contributed by atoms with Crippen LogP contribution in [0.2, 0.25) is 0 Å². The van der Waals surface area contributed by atoms with Crippen LogP contribution in [-0.4, -0.2) is 27.6 Å². The monoisotopic (exact) mass is 346 g/mol. The van der Waals surface area contributed by atoms with E-state index in [0.717, 1.165) is 37.2 Å². The lowest BCUT2D eigenvalue weighted by Gasteiger charge is -2.28. The molecule has 3 rings (SSSR count). The van der Waals surface area contributed by atoms with Gasteiger partial charge in [-0.2, -0.15) is 5.10 Å². The second kappa shape index (κ2) is 8.02. The topological polar surface area (TPSA) is 76.0 Å². The van der Waals surface area contributed by atoms with E-state index in [2.05, 4.69) is 15.7 Å². The van der Waals surface area contributed by atoms with E-state index in [-0.39, 0.29) is 23.8 Å². The van der Waals surface area contributed by atoms with E-state index in [1.54, 1.807) is 4.68 Å². The summed E-state index contributed by atoms with van der Waals surface area (Å²) in [6.07, 6.45) is 9.07. The number of carbonyl (C=O) groups excluding carboxylic acids is 2. The molecule has 2 fully saturated rings. The van der Waals surface area contributed by atoms with Crippen molar-refractivity contribution in [1.29, 1.82) is 0 Å². The SMILES string of the molecule is Cc1cc(NC(=O)C2CCC(NC(=O)CC3CCCC3)CC2)n(C)n1. The Morgan fingerprint density at radius 3 is 2.44 bits per heavy atom. The molecule has 2 amide bonds. The van der Waals surface area contributed by atoms with Gasteiger partial charge in [-0.1, -0.05) is 12.8 Å². The Balaban J connectivity index is 1.41. The van der Waals surface area contributed by atoms with Crippen LogP contribution in [0.4, 0.5) is 5.82 Å². The van der Waals surface area contributed by atoms with Gasteiger partial charge in [-0.05, 0) is 51.4 Å². The van der Waals surface area contributed by atoms with Crippen molar-refractivity contribution in [3.05, 3.63) is 11.8 Å². The van der Waals surface area contributed by atoms with Crippen molar-refractivity contribution >= 4 is 17.6 Å². The van der Waals surface area contributed by atoms with Crippen LogP contribution in [0.3, 0.4) is 0 Å². The normalized spacial score (nSPS) is 24.2. The summed E-state index contributed by atoms with van der Waals surface area (Å²) in [7, 11) is 1.83. The lowest BCUT2D eigenvalue weighted by molar-refractivity contribution is -0.123. The van der Waals surface area contributed by atoms with E-state index in [1.807, 2.05) is 20.0 Å². The third-order valence-electron chi connectivity index (χ3n) is 5.67. The van der Waals surface area contributed by atoms with Crippen LogP contribution in [0.5, 0.6) is 0 Å². The highest BCUT2D eigenvalue weighted by atomic mass is 16.2. The van der Waals surface area contributed by atoms with Crippen molar-refractivity contribution in [1.82, 2.24) is 15.1 Å². The minimum absolute atomic E-state index is 0.0261. The summed E-state index contributed by atoms with van der Waals surface area (Å²) < 4.78 is 1.70. The first-order valence-corrected chi connectivity index (χ1v) is 9.62. The minimum Gasteiger partial charge on any atom is -0.353 e. The molecule has 0 aliphatic heterocycles. The summed E-state index contributed by atoms with van der Waals surface area (Å²) >= 11 is 0. The minimum atomic E-state index is 0.0261. The van der Waals surface area contributed by atoms with Crippen LogP contribution < -0.4 is 10.6 Å². The highest BCUT2D eigenvalue weighted by molar-refractivity contribution is 5.91. The zero-order valence-electron chi connectivity index (χ0n) is 15.4. The summed E-state index contributed by atoms with van der Waals surface area (Å²) in [5, 5.41) is 10.4. The van der Waals surface area contributed by atoms with Crippen molar-refractivity contribution in [3.63, 3.8) is 0 Å². The van der Waals surface area contributed by atoms with Crippen LogP contribution in [0.25, 0.3) is 0 Å². The second-order valence-electron chi connectivity index (χ2n) is 7.75. The number of rotatable bonds is 5. The lowest BCUT2D eigenvalue weighted by atomic mass is 9.85. The Morgan fingerprint density at radius 2 is 1.84 bits per heavy atom. The summed E-state index contributed by atoms with van der Waals surface area (Å²) in [6, 6.07) is 2.11. The number of nitrogens with one attached hydrogen (secondary N) is 2. The lowest BCUT2D eigenvalue weighted by Crippen LogP contribution is -2.40. The Hall–Kier alpha value is -1.85. The summed E-state index contributed by atoms with van der Waals surface area (Å²) in [5.74, 6) is 1.63. The first-order chi connectivity index (χ1) is 12.0. The number of nitrogens with zero attached hydrogens (tertiary/aromatic N) is 2. The third kappa shape index (κ3) is 4.83. The maximum atomic E-state index is 12.4. The van der Waals surface area contributed by atoms with E-state index in [0.29, 0.717) is 12.3 Å². The Kier molecular flexibility index (Phi) is 5.76. The van der Waals surface area contributed by atoms with Gasteiger partial charge >= 0.3 is 0 Å². The maximum Gasteiger partial charge on any atom is 0.228 e. The van der Waals surface area contributed by atoms with Crippen molar-refractivity contribution in [2.24, 2.45) is 18.9 Å². The average molecular weight is 346 g/mol. The van der Waals surface area contributed by atoms with E-state index in [9.17, 15) is 9.59 Å². The molecule has 0 spiro atoms. The molecule has 1 aromatic rings. The predicted molar refractivity (Wildman–Crippen MR) is 97.0 cm³/mol. The molecule has 2 saturated carbocycles. The van der Waals surface area contributed by atoms with Gasteiger partial charge in [0.2, 0.25) is 11.8 Å². The zero-order chi connectivity index (χ0) is 17.8. The van der Waals surface area contributed by atoms with Crippen molar-refractivity contribution in [2.75, 3.05) is 5.32 Å². The summed E-state index contributed by atoms with van der Waals surface area (Å²) in [5.41, 5.74) is 0.895. The molecule has 1 aromatic heterocycles. The fourth-order valence-corrected chi connectivity index (χ4v) is 4.22. The molecule has 1 heterocycles. The van der Waals surface area contributed by atoms with Gasteiger partial charge in [-0.15, -0.1) is 0 Å². The van der Waals surface area contributed by atoms with Gasteiger partial charge in [0, 0.05) is 31.5 Å². The molecule has 2 aliphatic carbocycles. The molecule has 6 nitrogen and oxygen atoms in total. The Bertz CT molecular complexity index is 611. The van der Waals surface area contributed by atoms with E-state index >= 15 is 0 Å². The maximum absolute atomic E-state index is 12.4. The fraction of sp³-hybridized carbons (Fsp3) is 0.737. The molecule has 2 aliphatic rings. The van der Waals surface area contributed by atoms with Gasteiger partial charge in [0.1, 0.15) is 5.82 Å². The standard InChI is InChI=1S/C19H30N4O2/c1-13-11-17(23(2)22-13)21-19(25)15-7-9-16(10-8-15)20-18(24)12-14-5-3-4-6-14/h11,14-16H,3-10,12H2,1-2H3,(H,20,24)(H,21,25). The van der Waals surface area contributed by atoms with Gasteiger partial charge in [0.15, 0.2) is 0 Å². The average Bonchev–Trinajstić information content (AvgIpc) is 3.17. The van der Waals surface area contributed by atoms with Gasteiger partial charge in [-0.3, -0.25) is 14.3 Å². The summed E-state index contributed by atoms with van der Waals surface area (Å²) in [4.78, 5) is 24.6. The molecule has 25 heavy (non-hydrogen) atoms. The first kappa shape index (κ1) is 18.0. The molecule has 6 heteroatoms. The number of aromatic nitrogens is 2. The molecule has 0 radical (unpaired) electrons. The predicted octanol–water partition coefficient (Wildman–Crippen LogP) is 2.92. The van der Waals surface area contributed by atoms with Gasteiger partial charge < -0.3 is 10.6 Å². The van der Waals surface area contributed by atoms with E-state index < -0.39 is 0 Å². The van der Waals surface area contributed by atoms with Gasteiger partial charge in [0.25, 0.3) is 0 Å². The quantitative estimate of drug-likeness (QED) is 0.861. The van der Waals surface area contributed by atoms with Crippen LogP contribution in [0.15, 0.2) is 6.07 Å². The molecule has 0 unspecified atom stereocenters. The third-order valence-corrected chi connectivity index (χ3v) is 5.67. The smallest absolute Gasteiger partial charge is 0.228 e. The number of anilines is 1. The van der Waals surface area contributed by atoms with Crippen LogP contribution in [0.1, 0.15) is 63.5 Å². The highest BCUT2D eigenvalue weighted by Gasteiger charge is 2.28. The molecule has 0 bridgehead atoms. The Labute approximate surface area is 149 Å². The number of hydrogen-bond acceptors (Lipinski definition) is 3. The zero-order valence-corrected chi connectivity index (χ0v) is 15.4. The number of carbonyl (C=O) groups is 2. The second-order valence-corrected chi connectivity index (χ2v) is 7.75. The largest absolute Gasteiger partial charge is 0.353 e. The van der Waals surface area contributed by atoms with E-state index in [1.165, 1.54) is 25.7 Å². The molecule has 0 saturated heterocycles. The molecular formula is C19H30N4O2. The number of amides is 2. The van der Waals surface area contributed by atoms with Crippen LogP contribution in [0, 0.1) is 18.8 Å². The molecule has 2 N–H and O–H groups in total. The van der Waals surface area contributed by atoms with Gasteiger partial charge in [0.05, 0.1) is 5.69 Å². The van der Waals surface area contributed by atoms with Crippen molar-refractivity contribution in [3.8, 4) is 0 Å². The fourth-order valence-electron chi connectivity index (χ4n) is 4.22. The molecular weight excluding hydrogens is 316 g/mol. The Morgan fingerprint density at radius 1 is 1.16 bits per heavy atom. The number of aryl methyl sites for hydroxylation is 2. The van der Waals surface area contributed by atoms with Crippen LogP contribution in [-0.2, 0) is 16.6 Å². The molecule has 0 aromatic carbocycles. The van der Waals surface area contributed by atoms with E-state index in [4.69, 9.17) is 0 Å². The first-order valence-electron chi connectivity index (χ1n) is 9.62. The highest BCUT2D eigenvalue weighted by Crippen LogP contribution is 2.29. The summed E-state index contributed by atoms with van der Waals surface area (Å²) in [6.45, 7) is 1.91. The van der Waals surface area contributed by atoms with Crippen molar-refractivity contribution in [2.45, 2.75) is 70.8 Å². The van der Waals surface area contributed by atoms with Crippen molar-refractivity contribution < 1.29 is 9.59 Å². The van der Waals surface area contributed by atoms with Crippen LogP contribution >= 0.6 is 0 Å². The molecule has 0 atom stereocenters. The molecule has 138 valence electrons.